The molecule has 1 aliphatic heterocycles. The molecule has 1 atom stereocenters. The quantitative estimate of drug-likeness (QED) is 0.290. The molecule has 6 rings (SSSR count). The van der Waals surface area contributed by atoms with Gasteiger partial charge in [-0.1, -0.05) is 12.1 Å². The van der Waals surface area contributed by atoms with Crippen molar-refractivity contribution in [2.75, 3.05) is 11.9 Å². The smallest absolute Gasteiger partial charge is 0.335 e. The summed E-state index contributed by atoms with van der Waals surface area (Å²) in [5.41, 5.74) is 4.62. The van der Waals surface area contributed by atoms with Crippen molar-refractivity contribution in [1.29, 1.82) is 0 Å². The summed E-state index contributed by atoms with van der Waals surface area (Å²) in [5.74, 6) is -1.60. The van der Waals surface area contributed by atoms with E-state index in [0.717, 1.165) is 16.7 Å². The monoisotopic (exact) mass is 540 g/mol. The second-order valence-corrected chi connectivity index (χ2v) is 9.65. The highest BCUT2D eigenvalue weighted by Gasteiger charge is 2.29. The molecule has 0 saturated carbocycles. The Morgan fingerprint density at radius 1 is 1.15 bits per heavy atom. The number of hydrogen-bond donors (Lipinski definition) is 4. The van der Waals surface area contributed by atoms with Gasteiger partial charge in [0, 0.05) is 18.7 Å². The maximum absolute atomic E-state index is 13.4. The van der Waals surface area contributed by atoms with E-state index in [9.17, 15) is 24.3 Å². The van der Waals surface area contributed by atoms with E-state index in [1.54, 1.807) is 43.3 Å². The Morgan fingerprint density at radius 3 is 2.83 bits per heavy atom. The Hall–Kier alpha value is -5.26. The molecule has 1 aliphatic carbocycles. The van der Waals surface area contributed by atoms with Gasteiger partial charge in [0.2, 0.25) is 0 Å². The van der Waals surface area contributed by atoms with Gasteiger partial charge in [-0.15, -0.1) is 0 Å². The van der Waals surface area contributed by atoms with E-state index in [0.29, 0.717) is 35.5 Å². The number of nitrogens with zero attached hydrogens (tertiary/aromatic N) is 3. The molecule has 12 nitrogen and oxygen atoms in total. The summed E-state index contributed by atoms with van der Waals surface area (Å²) in [4.78, 5) is 53.8. The van der Waals surface area contributed by atoms with Crippen molar-refractivity contribution < 1.29 is 29.0 Å². The molecule has 2 aliphatic rings. The average molecular weight is 541 g/mol. The normalized spacial score (nSPS) is 15.5. The molecule has 2 aromatic heterocycles. The maximum atomic E-state index is 13.4. The SMILES string of the molecule is Cc1c(C(=O)O)ccc2c1CC[C@@H]2NC(=O)c1cc(C(=O)NCc2ccc3c(c2)OCC(=O)N3)nc2ccnn12. The first-order valence-electron chi connectivity index (χ1n) is 12.6. The molecule has 3 heterocycles. The Labute approximate surface area is 227 Å². The molecule has 0 unspecified atom stereocenters. The fraction of sp³-hybridized carbons (Fsp3) is 0.214. The van der Waals surface area contributed by atoms with E-state index in [-0.39, 0.29) is 42.1 Å². The lowest BCUT2D eigenvalue weighted by Crippen LogP contribution is -2.30. The maximum Gasteiger partial charge on any atom is 0.335 e. The number of anilines is 1. The van der Waals surface area contributed by atoms with Crippen LogP contribution in [0.25, 0.3) is 5.65 Å². The van der Waals surface area contributed by atoms with Crippen LogP contribution in [-0.4, -0.2) is 50.0 Å². The molecule has 0 saturated heterocycles. The lowest BCUT2D eigenvalue weighted by Gasteiger charge is -2.18. The Kier molecular flexibility index (Phi) is 6.14. The van der Waals surface area contributed by atoms with Gasteiger partial charge in [-0.05, 0) is 60.2 Å². The van der Waals surface area contributed by atoms with Gasteiger partial charge >= 0.3 is 5.97 Å². The number of carboxylic acids is 1. The van der Waals surface area contributed by atoms with Crippen LogP contribution in [0.3, 0.4) is 0 Å². The second kappa shape index (κ2) is 9.80. The van der Waals surface area contributed by atoms with E-state index in [1.165, 1.54) is 16.8 Å². The molecule has 202 valence electrons. The number of hydrogen-bond acceptors (Lipinski definition) is 7. The van der Waals surface area contributed by atoms with Crippen molar-refractivity contribution >= 4 is 35.0 Å². The van der Waals surface area contributed by atoms with Crippen LogP contribution in [0.1, 0.15) is 66.1 Å². The van der Waals surface area contributed by atoms with Gasteiger partial charge in [0.25, 0.3) is 17.7 Å². The summed E-state index contributed by atoms with van der Waals surface area (Å²) in [5, 5.41) is 22.2. The lowest BCUT2D eigenvalue weighted by molar-refractivity contribution is -0.118. The Morgan fingerprint density at radius 2 is 2.00 bits per heavy atom. The molecule has 4 aromatic rings. The zero-order chi connectivity index (χ0) is 28.0. The third kappa shape index (κ3) is 4.49. The van der Waals surface area contributed by atoms with E-state index in [4.69, 9.17) is 4.74 Å². The highest BCUT2D eigenvalue weighted by molar-refractivity contribution is 5.99. The van der Waals surface area contributed by atoms with Crippen LogP contribution >= 0.6 is 0 Å². The van der Waals surface area contributed by atoms with Crippen molar-refractivity contribution in [1.82, 2.24) is 25.2 Å². The number of carboxylic acid groups (broad SMARTS) is 1. The summed E-state index contributed by atoms with van der Waals surface area (Å²) in [6.45, 7) is 1.88. The number of fused-ring (bicyclic) bond motifs is 3. The first kappa shape index (κ1) is 25.0. The van der Waals surface area contributed by atoms with Gasteiger partial charge in [-0.25, -0.2) is 14.3 Å². The topological polar surface area (TPSA) is 164 Å². The molecular formula is C28H24N6O6. The standard InChI is InChI=1S/C28H24N6O6/c1-14-16-5-7-19(18(16)4-3-17(14)28(38)39)33-27(37)22-11-21(31-24-8-9-30-34(22)24)26(36)29-12-15-2-6-20-23(10-15)40-13-25(35)32-20/h2-4,6,8-11,19H,5,7,12-13H2,1H3,(H,29,36)(H,32,35)(H,33,37)(H,38,39)/t19-/m0/s1. The molecule has 3 amide bonds. The summed E-state index contributed by atoms with van der Waals surface area (Å²) in [7, 11) is 0. The van der Waals surface area contributed by atoms with Gasteiger partial charge in [0.1, 0.15) is 17.1 Å². The number of benzene rings is 2. The van der Waals surface area contributed by atoms with Gasteiger partial charge < -0.3 is 25.8 Å². The molecule has 0 spiro atoms. The molecule has 0 radical (unpaired) electrons. The molecule has 12 heteroatoms. The summed E-state index contributed by atoms with van der Waals surface area (Å²) >= 11 is 0. The molecule has 2 aromatic carbocycles. The van der Waals surface area contributed by atoms with Crippen LogP contribution in [0, 0.1) is 6.92 Å². The van der Waals surface area contributed by atoms with E-state index >= 15 is 0 Å². The predicted octanol–water partition coefficient (Wildman–Crippen LogP) is 2.41. The van der Waals surface area contributed by atoms with Crippen LogP contribution in [0.4, 0.5) is 5.69 Å². The first-order chi connectivity index (χ1) is 19.3. The third-order valence-electron chi connectivity index (χ3n) is 7.19. The molecule has 40 heavy (non-hydrogen) atoms. The van der Waals surface area contributed by atoms with Crippen molar-refractivity contribution in [3.8, 4) is 5.75 Å². The van der Waals surface area contributed by atoms with Gasteiger partial charge in [0.05, 0.1) is 23.5 Å². The van der Waals surface area contributed by atoms with Crippen LogP contribution < -0.4 is 20.7 Å². The summed E-state index contributed by atoms with van der Waals surface area (Å²) in [6, 6.07) is 11.2. The third-order valence-corrected chi connectivity index (χ3v) is 7.19. The number of aromatic nitrogens is 3. The average Bonchev–Trinajstić information content (AvgIpc) is 3.58. The van der Waals surface area contributed by atoms with E-state index < -0.39 is 17.8 Å². The highest BCUT2D eigenvalue weighted by atomic mass is 16.5. The molecule has 0 fully saturated rings. The van der Waals surface area contributed by atoms with Crippen molar-refractivity contribution in [2.45, 2.75) is 32.4 Å². The summed E-state index contributed by atoms with van der Waals surface area (Å²) < 4.78 is 6.80. The fourth-order valence-electron chi connectivity index (χ4n) is 5.19. The fourth-order valence-corrected chi connectivity index (χ4v) is 5.19. The zero-order valence-corrected chi connectivity index (χ0v) is 21.4. The number of carbonyl (C=O) groups is 4. The Balaban J connectivity index is 1.20. The number of amides is 3. The van der Waals surface area contributed by atoms with Crippen LogP contribution in [0.15, 0.2) is 48.7 Å². The largest absolute Gasteiger partial charge is 0.482 e. The molecule has 0 bridgehead atoms. The minimum atomic E-state index is -0.982. The highest BCUT2D eigenvalue weighted by Crippen LogP contribution is 2.35. The Bertz CT molecular complexity index is 1730. The first-order valence-corrected chi connectivity index (χ1v) is 12.6. The number of aromatic carboxylic acids is 1. The molecule has 4 N–H and O–H groups in total. The van der Waals surface area contributed by atoms with Gasteiger partial charge in [0.15, 0.2) is 12.3 Å². The lowest BCUT2D eigenvalue weighted by atomic mass is 9.98. The summed E-state index contributed by atoms with van der Waals surface area (Å²) in [6.07, 6.45) is 2.77. The van der Waals surface area contributed by atoms with E-state index in [1.807, 2.05) is 0 Å². The minimum absolute atomic E-state index is 0.0494. The van der Waals surface area contributed by atoms with Crippen molar-refractivity contribution in [2.24, 2.45) is 0 Å². The van der Waals surface area contributed by atoms with Crippen LogP contribution in [0.2, 0.25) is 0 Å². The van der Waals surface area contributed by atoms with Crippen LogP contribution in [-0.2, 0) is 17.8 Å². The number of nitrogens with one attached hydrogen (secondary N) is 3. The van der Waals surface area contributed by atoms with Gasteiger partial charge in [-0.2, -0.15) is 5.10 Å². The number of ether oxygens (including phenoxy) is 1. The minimum Gasteiger partial charge on any atom is -0.482 e. The second-order valence-electron chi connectivity index (χ2n) is 9.65. The van der Waals surface area contributed by atoms with E-state index in [2.05, 4.69) is 26.0 Å². The number of carbonyl (C=O) groups excluding carboxylic acids is 3. The molecular weight excluding hydrogens is 516 g/mol. The van der Waals surface area contributed by atoms with Crippen molar-refractivity contribution in [3.05, 3.63) is 87.9 Å². The number of rotatable bonds is 6. The van der Waals surface area contributed by atoms with Crippen LogP contribution in [0.5, 0.6) is 5.75 Å². The van der Waals surface area contributed by atoms with Gasteiger partial charge in [-0.3, -0.25) is 14.4 Å². The van der Waals surface area contributed by atoms with Crippen molar-refractivity contribution in [3.63, 3.8) is 0 Å². The predicted molar refractivity (Wildman–Crippen MR) is 141 cm³/mol. The zero-order valence-electron chi connectivity index (χ0n) is 21.4.